The Morgan fingerprint density at radius 1 is 1.10 bits per heavy atom. The predicted octanol–water partition coefficient (Wildman–Crippen LogP) is 3.29. The Morgan fingerprint density at radius 3 is 2.14 bits per heavy atom. The Balaban J connectivity index is 2.76. The fourth-order valence-corrected chi connectivity index (χ4v) is 1.74. The van der Waals surface area contributed by atoms with Crippen LogP contribution in [0.3, 0.4) is 0 Å². The lowest BCUT2D eigenvalue weighted by Crippen LogP contribution is -2.17. The van der Waals surface area contributed by atoms with E-state index < -0.39 is 11.7 Å². The molecule has 1 rings (SSSR count). The summed E-state index contributed by atoms with van der Waals surface area (Å²) in [6, 6.07) is 2.09. The minimum atomic E-state index is -4.37. The van der Waals surface area contributed by atoms with E-state index in [1.165, 1.54) is 0 Å². The standard InChI is InChI=1S/C14H23F3N4/c1-4-6-18-12-9-11(14(15,16)17)10-13(20-12)19-7-5-8-21(2)3/h9-10H,4-8H2,1-3H3,(H2,18,19,20). The number of anilines is 2. The minimum Gasteiger partial charge on any atom is -0.370 e. The van der Waals surface area contributed by atoms with Crippen LogP contribution in [-0.2, 0) is 6.18 Å². The molecule has 0 amide bonds. The van der Waals surface area contributed by atoms with Gasteiger partial charge in [0.15, 0.2) is 0 Å². The second-order valence-corrected chi connectivity index (χ2v) is 5.13. The van der Waals surface area contributed by atoms with Crippen molar-refractivity contribution in [1.29, 1.82) is 0 Å². The van der Waals surface area contributed by atoms with Crippen molar-refractivity contribution in [2.45, 2.75) is 25.9 Å². The average Bonchev–Trinajstić information content (AvgIpc) is 2.40. The van der Waals surface area contributed by atoms with Gasteiger partial charge in [0.1, 0.15) is 11.6 Å². The molecular weight excluding hydrogens is 281 g/mol. The molecule has 0 unspecified atom stereocenters. The van der Waals surface area contributed by atoms with Gasteiger partial charge in [0, 0.05) is 13.1 Å². The molecule has 1 heterocycles. The van der Waals surface area contributed by atoms with E-state index in [2.05, 4.69) is 15.6 Å². The maximum atomic E-state index is 12.9. The summed E-state index contributed by atoms with van der Waals surface area (Å²) in [5, 5.41) is 5.85. The molecule has 0 atom stereocenters. The van der Waals surface area contributed by atoms with Gasteiger partial charge in [-0.3, -0.25) is 0 Å². The highest BCUT2D eigenvalue weighted by atomic mass is 19.4. The third kappa shape index (κ3) is 6.66. The fourth-order valence-electron chi connectivity index (χ4n) is 1.74. The highest BCUT2D eigenvalue weighted by Crippen LogP contribution is 2.32. The number of rotatable bonds is 8. The predicted molar refractivity (Wildman–Crippen MR) is 79.7 cm³/mol. The highest BCUT2D eigenvalue weighted by Gasteiger charge is 2.31. The summed E-state index contributed by atoms with van der Waals surface area (Å²) in [5.74, 6) is 0.504. The molecule has 2 N–H and O–H groups in total. The number of halogens is 3. The van der Waals surface area contributed by atoms with Gasteiger partial charge in [0.25, 0.3) is 0 Å². The number of alkyl halides is 3. The lowest BCUT2D eigenvalue weighted by atomic mass is 10.2. The maximum absolute atomic E-state index is 12.9. The van der Waals surface area contributed by atoms with Crippen LogP contribution in [0.15, 0.2) is 12.1 Å². The van der Waals surface area contributed by atoms with Gasteiger partial charge in [-0.05, 0) is 45.6 Å². The number of pyridine rings is 1. The van der Waals surface area contributed by atoms with Crippen LogP contribution >= 0.6 is 0 Å². The van der Waals surface area contributed by atoms with E-state index in [0.717, 1.165) is 31.5 Å². The Kier molecular flexibility index (Phi) is 6.74. The smallest absolute Gasteiger partial charge is 0.370 e. The molecule has 0 saturated carbocycles. The molecule has 0 aliphatic rings. The van der Waals surface area contributed by atoms with Crippen LogP contribution in [0, 0.1) is 0 Å². The summed E-state index contributed by atoms with van der Waals surface area (Å²) < 4.78 is 38.6. The van der Waals surface area contributed by atoms with Gasteiger partial charge in [-0.25, -0.2) is 4.98 Å². The van der Waals surface area contributed by atoms with Crippen molar-refractivity contribution in [3.8, 4) is 0 Å². The normalized spacial score (nSPS) is 11.8. The quantitative estimate of drug-likeness (QED) is 0.723. The fraction of sp³-hybridized carbons (Fsp3) is 0.643. The van der Waals surface area contributed by atoms with E-state index in [1.807, 2.05) is 25.9 Å². The molecule has 0 fully saturated rings. The SMILES string of the molecule is CCCNc1cc(C(F)(F)F)cc(NCCCN(C)C)n1. The molecule has 1 aromatic rings. The second-order valence-electron chi connectivity index (χ2n) is 5.13. The number of hydrogen-bond donors (Lipinski definition) is 2. The van der Waals surface area contributed by atoms with Crippen LogP contribution in [0.2, 0.25) is 0 Å². The number of hydrogen-bond acceptors (Lipinski definition) is 4. The summed E-state index contributed by atoms with van der Waals surface area (Å²) in [7, 11) is 3.91. The molecule has 0 radical (unpaired) electrons. The summed E-state index contributed by atoms with van der Waals surface area (Å²) >= 11 is 0. The lowest BCUT2D eigenvalue weighted by Gasteiger charge is -2.14. The van der Waals surface area contributed by atoms with Crippen molar-refractivity contribution in [1.82, 2.24) is 9.88 Å². The van der Waals surface area contributed by atoms with E-state index in [4.69, 9.17) is 0 Å². The Hall–Kier alpha value is -1.50. The topological polar surface area (TPSA) is 40.2 Å². The zero-order valence-corrected chi connectivity index (χ0v) is 12.7. The van der Waals surface area contributed by atoms with Gasteiger partial charge in [0.05, 0.1) is 5.56 Å². The van der Waals surface area contributed by atoms with Crippen LogP contribution in [0.5, 0.6) is 0 Å². The number of nitrogens with zero attached hydrogens (tertiary/aromatic N) is 2. The first-order valence-corrected chi connectivity index (χ1v) is 7.04. The molecule has 0 aliphatic heterocycles. The Morgan fingerprint density at radius 2 is 1.67 bits per heavy atom. The second kappa shape index (κ2) is 8.07. The largest absolute Gasteiger partial charge is 0.416 e. The van der Waals surface area contributed by atoms with E-state index in [1.54, 1.807) is 0 Å². The van der Waals surface area contributed by atoms with E-state index in [9.17, 15) is 13.2 Å². The highest BCUT2D eigenvalue weighted by molar-refractivity contribution is 5.49. The van der Waals surface area contributed by atoms with Crippen molar-refractivity contribution in [2.24, 2.45) is 0 Å². The molecule has 0 saturated heterocycles. The first-order valence-electron chi connectivity index (χ1n) is 7.04. The molecule has 120 valence electrons. The van der Waals surface area contributed by atoms with Crippen molar-refractivity contribution >= 4 is 11.6 Å². The lowest BCUT2D eigenvalue weighted by molar-refractivity contribution is -0.137. The molecule has 4 nitrogen and oxygen atoms in total. The van der Waals surface area contributed by atoms with E-state index >= 15 is 0 Å². The zero-order valence-electron chi connectivity index (χ0n) is 12.7. The third-order valence-electron chi connectivity index (χ3n) is 2.80. The summed E-state index contributed by atoms with van der Waals surface area (Å²) in [6.45, 7) is 3.99. The van der Waals surface area contributed by atoms with E-state index in [0.29, 0.717) is 13.1 Å². The van der Waals surface area contributed by atoms with Gasteiger partial charge in [-0.1, -0.05) is 6.92 Å². The molecule has 0 spiro atoms. The third-order valence-corrected chi connectivity index (χ3v) is 2.80. The first kappa shape index (κ1) is 17.6. The van der Waals surface area contributed by atoms with Crippen LogP contribution < -0.4 is 10.6 Å². The molecule has 7 heteroatoms. The molecule has 0 aromatic carbocycles. The van der Waals surface area contributed by atoms with Crippen molar-refractivity contribution in [3.05, 3.63) is 17.7 Å². The summed E-state index contributed by atoms with van der Waals surface area (Å²) in [4.78, 5) is 6.19. The van der Waals surface area contributed by atoms with Crippen LogP contribution in [0.4, 0.5) is 24.8 Å². The van der Waals surface area contributed by atoms with Gasteiger partial charge in [-0.15, -0.1) is 0 Å². The van der Waals surface area contributed by atoms with Gasteiger partial charge in [-0.2, -0.15) is 13.2 Å². The summed E-state index contributed by atoms with van der Waals surface area (Å²) in [6.07, 6.45) is -2.71. The van der Waals surface area contributed by atoms with E-state index in [-0.39, 0.29) is 11.6 Å². The Labute approximate surface area is 123 Å². The first-order chi connectivity index (χ1) is 9.82. The van der Waals surface area contributed by atoms with Crippen LogP contribution in [-0.4, -0.2) is 43.6 Å². The summed E-state index contributed by atoms with van der Waals surface area (Å²) in [5.41, 5.74) is -0.689. The number of nitrogens with one attached hydrogen (secondary N) is 2. The van der Waals surface area contributed by atoms with Crippen molar-refractivity contribution < 1.29 is 13.2 Å². The maximum Gasteiger partial charge on any atom is 0.416 e. The van der Waals surface area contributed by atoms with Crippen LogP contribution in [0.25, 0.3) is 0 Å². The van der Waals surface area contributed by atoms with Crippen molar-refractivity contribution in [3.63, 3.8) is 0 Å². The Bertz CT molecular complexity index is 433. The minimum absolute atomic E-state index is 0.252. The van der Waals surface area contributed by atoms with Crippen LogP contribution in [0.1, 0.15) is 25.3 Å². The van der Waals surface area contributed by atoms with Crippen molar-refractivity contribution in [2.75, 3.05) is 44.4 Å². The monoisotopic (exact) mass is 304 g/mol. The molecule has 1 aromatic heterocycles. The molecule has 0 bridgehead atoms. The molecular formula is C14H23F3N4. The number of aromatic nitrogens is 1. The van der Waals surface area contributed by atoms with Gasteiger partial charge in [0.2, 0.25) is 0 Å². The average molecular weight is 304 g/mol. The van der Waals surface area contributed by atoms with Gasteiger partial charge >= 0.3 is 6.18 Å². The molecule has 21 heavy (non-hydrogen) atoms. The zero-order chi connectivity index (χ0) is 15.9. The molecule has 0 aliphatic carbocycles. The van der Waals surface area contributed by atoms with Gasteiger partial charge < -0.3 is 15.5 Å².